The van der Waals surface area contributed by atoms with Crippen molar-refractivity contribution in [2.45, 2.75) is 52.0 Å². The average molecular weight is 512 g/mol. The number of amides is 1. The lowest BCUT2D eigenvalue weighted by atomic mass is 9.95. The topological polar surface area (TPSA) is 104 Å². The standard InChI is InChI=1S/C28H34FN3O5/c1-3-5-15-30(16-6-4-2)17-8-18-31-25(21-9-7-10-22(29)19-21)24(27(34)28(31)35)26(33)20-11-13-23(14-12-20)32(36)37/h7,9-14,19,25,33H,3-6,8,15-18H2,1-2H3/t25-/m0/s1. The quantitative estimate of drug-likeness (QED) is 0.126. The largest absolute Gasteiger partial charge is 0.507 e. The number of nitro groups is 1. The summed E-state index contributed by atoms with van der Waals surface area (Å²) in [6, 6.07) is 9.73. The molecule has 1 heterocycles. The SMILES string of the molecule is CCCCN(CCCC)CCCN1C(=O)C(=O)C(=C(O)c2ccc([N+](=O)[O-])cc2)[C@@H]1c1cccc(F)c1. The van der Waals surface area contributed by atoms with E-state index < -0.39 is 34.2 Å². The molecule has 1 fully saturated rings. The average Bonchev–Trinajstić information content (AvgIpc) is 3.14. The highest BCUT2D eigenvalue weighted by Gasteiger charge is 2.46. The monoisotopic (exact) mass is 511 g/mol. The first-order chi connectivity index (χ1) is 17.8. The number of aliphatic hydroxyl groups excluding tert-OH is 1. The van der Waals surface area contributed by atoms with E-state index in [1.54, 1.807) is 6.07 Å². The molecule has 1 saturated heterocycles. The first kappa shape index (κ1) is 28.0. The number of halogens is 1. The molecule has 0 saturated carbocycles. The highest BCUT2D eigenvalue weighted by Crippen LogP contribution is 2.39. The molecule has 1 amide bonds. The van der Waals surface area contributed by atoms with E-state index in [0.717, 1.165) is 45.3 Å². The number of nitro benzene ring substituents is 1. The molecule has 198 valence electrons. The second-order valence-corrected chi connectivity index (χ2v) is 9.25. The van der Waals surface area contributed by atoms with Gasteiger partial charge in [-0.05, 0) is 68.7 Å². The van der Waals surface area contributed by atoms with Gasteiger partial charge in [0.2, 0.25) is 0 Å². The van der Waals surface area contributed by atoms with Crippen molar-refractivity contribution < 1.29 is 24.0 Å². The van der Waals surface area contributed by atoms with Crippen LogP contribution in [-0.2, 0) is 9.59 Å². The van der Waals surface area contributed by atoms with Crippen LogP contribution < -0.4 is 0 Å². The molecule has 2 aromatic carbocycles. The van der Waals surface area contributed by atoms with Gasteiger partial charge in [-0.25, -0.2) is 4.39 Å². The Bertz CT molecular complexity index is 1140. The molecule has 9 heteroatoms. The van der Waals surface area contributed by atoms with Crippen molar-refractivity contribution in [2.75, 3.05) is 26.2 Å². The number of likely N-dealkylation sites (tertiary alicyclic amines) is 1. The minimum atomic E-state index is -0.967. The summed E-state index contributed by atoms with van der Waals surface area (Å²) in [4.78, 5) is 40.4. The van der Waals surface area contributed by atoms with Gasteiger partial charge in [0, 0.05) is 24.2 Å². The van der Waals surface area contributed by atoms with Crippen molar-refractivity contribution in [1.29, 1.82) is 0 Å². The molecule has 0 unspecified atom stereocenters. The van der Waals surface area contributed by atoms with Crippen LogP contribution in [0.25, 0.3) is 5.76 Å². The summed E-state index contributed by atoms with van der Waals surface area (Å²) in [6.07, 6.45) is 4.93. The number of carbonyl (C=O) groups excluding carboxylic acids is 2. The lowest BCUT2D eigenvalue weighted by Gasteiger charge is -2.27. The molecule has 0 bridgehead atoms. The number of benzene rings is 2. The Morgan fingerprint density at radius 2 is 1.65 bits per heavy atom. The molecule has 1 aliphatic rings. The van der Waals surface area contributed by atoms with E-state index in [-0.39, 0.29) is 23.4 Å². The Morgan fingerprint density at radius 1 is 1.03 bits per heavy atom. The van der Waals surface area contributed by atoms with E-state index in [1.165, 1.54) is 47.4 Å². The van der Waals surface area contributed by atoms with E-state index in [4.69, 9.17) is 0 Å². The highest BCUT2D eigenvalue weighted by atomic mass is 19.1. The minimum Gasteiger partial charge on any atom is -0.507 e. The molecule has 0 spiro atoms. The summed E-state index contributed by atoms with van der Waals surface area (Å²) >= 11 is 0. The zero-order chi connectivity index (χ0) is 26.9. The van der Waals surface area contributed by atoms with Crippen LogP contribution in [0.1, 0.15) is 63.1 Å². The van der Waals surface area contributed by atoms with Gasteiger partial charge in [-0.1, -0.05) is 38.8 Å². The van der Waals surface area contributed by atoms with Crippen LogP contribution in [0.2, 0.25) is 0 Å². The number of carbonyl (C=O) groups is 2. The zero-order valence-electron chi connectivity index (χ0n) is 21.4. The van der Waals surface area contributed by atoms with Crippen LogP contribution in [0.3, 0.4) is 0 Å². The zero-order valence-corrected chi connectivity index (χ0v) is 21.4. The van der Waals surface area contributed by atoms with Gasteiger partial charge in [-0.3, -0.25) is 19.7 Å². The third kappa shape index (κ3) is 6.80. The molecule has 37 heavy (non-hydrogen) atoms. The number of hydrogen-bond acceptors (Lipinski definition) is 6. The second kappa shape index (κ2) is 13.1. The van der Waals surface area contributed by atoms with Gasteiger partial charge in [0.05, 0.1) is 16.5 Å². The molecular weight excluding hydrogens is 477 g/mol. The number of ketones is 1. The maximum absolute atomic E-state index is 14.2. The van der Waals surface area contributed by atoms with Crippen LogP contribution in [0.5, 0.6) is 0 Å². The number of hydrogen-bond donors (Lipinski definition) is 1. The van der Waals surface area contributed by atoms with E-state index in [2.05, 4.69) is 18.7 Å². The Labute approximate surface area is 216 Å². The first-order valence-electron chi connectivity index (χ1n) is 12.8. The summed E-state index contributed by atoms with van der Waals surface area (Å²) in [7, 11) is 0. The summed E-state index contributed by atoms with van der Waals surface area (Å²) in [5.74, 6) is -2.59. The molecule has 3 rings (SSSR count). The summed E-state index contributed by atoms with van der Waals surface area (Å²) in [6.45, 7) is 7.22. The maximum atomic E-state index is 14.2. The maximum Gasteiger partial charge on any atom is 0.295 e. The van der Waals surface area contributed by atoms with Gasteiger partial charge in [0.1, 0.15) is 11.6 Å². The van der Waals surface area contributed by atoms with Gasteiger partial charge >= 0.3 is 0 Å². The second-order valence-electron chi connectivity index (χ2n) is 9.25. The Hall–Kier alpha value is -3.59. The van der Waals surface area contributed by atoms with Crippen LogP contribution in [0.15, 0.2) is 54.1 Å². The predicted octanol–water partition coefficient (Wildman–Crippen LogP) is 5.45. The molecule has 0 aliphatic carbocycles. The first-order valence-corrected chi connectivity index (χ1v) is 12.8. The fourth-order valence-corrected chi connectivity index (χ4v) is 4.59. The van der Waals surface area contributed by atoms with E-state index in [9.17, 15) is 29.2 Å². The summed E-state index contributed by atoms with van der Waals surface area (Å²) in [5.41, 5.74) is 0.208. The lowest BCUT2D eigenvalue weighted by Crippen LogP contribution is -2.34. The van der Waals surface area contributed by atoms with Gasteiger partial charge < -0.3 is 14.9 Å². The lowest BCUT2D eigenvalue weighted by molar-refractivity contribution is -0.384. The molecular formula is C28H34FN3O5. The van der Waals surface area contributed by atoms with Crippen molar-refractivity contribution in [3.63, 3.8) is 0 Å². The van der Waals surface area contributed by atoms with E-state index in [1.807, 2.05) is 0 Å². The number of aliphatic hydroxyl groups is 1. The Kier molecular flexibility index (Phi) is 9.91. The Morgan fingerprint density at radius 3 is 2.22 bits per heavy atom. The van der Waals surface area contributed by atoms with Crippen molar-refractivity contribution in [2.24, 2.45) is 0 Å². The van der Waals surface area contributed by atoms with Gasteiger partial charge in [0.25, 0.3) is 17.4 Å². The van der Waals surface area contributed by atoms with Gasteiger partial charge in [-0.2, -0.15) is 0 Å². The number of non-ortho nitro benzene ring substituents is 1. The number of nitrogens with zero attached hydrogens (tertiary/aromatic N) is 3. The summed E-state index contributed by atoms with van der Waals surface area (Å²) < 4.78 is 14.2. The molecule has 0 radical (unpaired) electrons. The fourth-order valence-electron chi connectivity index (χ4n) is 4.59. The van der Waals surface area contributed by atoms with Crippen molar-refractivity contribution in [3.05, 3.63) is 81.2 Å². The molecule has 1 atom stereocenters. The molecule has 0 aromatic heterocycles. The molecule has 1 N–H and O–H groups in total. The van der Waals surface area contributed by atoms with E-state index in [0.29, 0.717) is 12.0 Å². The normalized spacial score (nSPS) is 17.1. The van der Waals surface area contributed by atoms with Crippen LogP contribution in [0.4, 0.5) is 10.1 Å². The van der Waals surface area contributed by atoms with Crippen molar-refractivity contribution >= 4 is 23.1 Å². The minimum absolute atomic E-state index is 0.154. The van der Waals surface area contributed by atoms with Crippen LogP contribution >= 0.6 is 0 Å². The fraction of sp³-hybridized carbons (Fsp3) is 0.429. The molecule has 2 aromatic rings. The van der Waals surface area contributed by atoms with Crippen LogP contribution in [0, 0.1) is 15.9 Å². The molecule has 8 nitrogen and oxygen atoms in total. The van der Waals surface area contributed by atoms with Crippen molar-refractivity contribution in [3.8, 4) is 0 Å². The van der Waals surface area contributed by atoms with Crippen molar-refractivity contribution in [1.82, 2.24) is 9.80 Å². The van der Waals surface area contributed by atoms with Gasteiger partial charge in [-0.15, -0.1) is 0 Å². The predicted molar refractivity (Wildman–Crippen MR) is 139 cm³/mol. The molecule has 1 aliphatic heterocycles. The summed E-state index contributed by atoms with van der Waals surface area (Å²) in [5, 5.41) is 22.1. The number of Topliss-reactive ketones (excluding diaryl/α,β-unsaturated/α-hetero) is 1. The number of rotatable bonds is 13. The van der Waals surface area contributed by atoms with Crippen LogP contribution in [-0.4, -0.2) is 57.7 Å². The third-order valence-electron chi connectivity index (χ3n) is 6.59. The third-order valence-corrected chi connectivity index (χ3v) is 6.59. The Balaban J connectivity index is 1.93. The highest BCUT2D eigenvalue weighted by molar-refractivity contribution is 6.46. The van der Waals surface area contributed by atoms with Gasteiger partial charge in [0.15, 0.2) is 0 Å². The smallest absolute Gasteiger partial charge is 0.295 e. The van der Waals surface area contributed by atoms with E-state index >= 15 is 0 Å². The number of unbranched alkanes of at least 4 members (excludes halogenated alkanes) is 2.